The number of rotatable bonds is 3. The van der Waals surface area contributed by atoms with Gasteiger partial charge in [0, 0.05) is 6.42 Å². The summed E-state index contributed by atoms with van der Waals surface area (Å²) in [7, 11) is 0. The number of aliphatic hydroxyl groups is 1. The van der Waals surface area contributed by atoms with Gasteiger partial charge in [0.2, 0.25) is 0 Å². The van der Waals surface area contributed by atoms with Gasteiger partial charge in [0.1, 0.15) is 0 Å². The first-order valence-corrected chi connectivity index (χ1v) is 4.11. The molecule has 1 rings (SSSR count). The van der Waals surface area contributed by atoms with Crippen molar-refractivity contribution in [2.75, 3.05) is 0 Å². The van der Waals surface area contributed by atoms with Gasteiger partial charge < -0.3 is 5.11 Å². The molecule has 1 aromatic rings. The molecule has 1 heteroatoms. The Bertz CT molecular complexity index is 329. The fourth-order valence-electron chi connectivity index (χ4n) is 1.08. The predicted octanol–water partition coefficient (Wildman–Crippen LogP) is 3.32. The molecule has 0 saturated carbocycles. The lowest BCUT2D eigenvalue weighted by atomic mass is 10.0. The molecular weight excluding hydrogens is 160 g/mol. The van der Waals surface area contributed by atoms with Crippen LogP contribution < -0.4 is 0 Å². The largest absolute Gasteiger partial charge is 0.515 e. The Labute approximate surface area is 78.3 Å². The van der Waals surface area contributed by atoms with E-state index >= 15 is 0 Å². The maximum atomic E-state index is 8.98. The Kier molecular flexibility index (Phi) is 3.62. The van der Waals surface area contributed by atoms with Crippen LogP contribution in [0, 0.1) is 0 Å². The molecular formula is C12H12O. The normalized spacial score (nSPS) is 10.6. The van der Waals surface area contributed by atoms with Crippen molar-refractivity contribution in [3.63, 3.8) is 0 Å². The number of hydrogen-bond acceptors (Lipinski definition) is 1. The SMILES string of the molecule is C=C=CCC(=CO)c1ccccc1. The molecule has 1 aromatic carbocycles. The van der Waals surface area contributed by atoms with E-state index in [1.807, 2.05) is 30.3 Å². The average Bonchev–Trinajstić information content (AvgIpc) is 2.21. The van der Waals surface area contributed by atoms with E-state index in [-0.39, 0.29) is 0 Å². The first-order chi connectivity index (χ1) is 6.38. The number of allylic oxidation sites excluding steroid dienone is 2. The Morgan fingerprint density at radius 3 is 2.62 bits per heavy atom. The first-order valence-electron chi connectivity index (χ1n) is 4.11. The van der Waals surface area contributed by atoms with E-state index in [0.717, 1.165) is 17.4 Å². The molecule has 0 unspecified atom stereocenters. The lowest BCUT2D eigenvalue weighted by Gasteiger charge is -2.01. The van der Waals surface area contributed by atoms with Crippen molar-refractivity contribution in [2.24, 2.45) is 0 Å². The van der Waals surface area contributed by atoms with E-state index in [0.29, 0.717) is 6.42 Å². The molecule has 0 aromatic heterocycles. The zero-order valence-electron chi connectivity index (χ0n) is 7.40. The van der Waals surface area contributed by atoms with Crippen LogP contribution in [0.2, 0.25) is 0 Å². The van der Waals surface area contributed by atoms with Crippen LogP contribution in [0.3, 0.4) is 0 Å². The van der Waals surface area contributed by atoms with Crippen molar-refractivity contribution in [3.05, 3.63) is 60.5 Å². The summed E-state index contributed by atoms with van der Waals surface area (Å²) in [5.41, 5.74) is 4.57. The summed E-state index contributed by atoms with van der Waals surface area (Å²) < 4.78 is 0. The van der Waals surface area contributed by atoms with Gasteiger partial charge in [-0.1, -0.05) is 36.9 Å². The van der Waals surface area contributed by atoms with E-state index in [2.05, 4.69) is 12.3 Å². The summed E-state index contributed by atoms with van der Waals surface area (Å²) in [4.78, 5) is 0. The first kappa shape index (κ1) is 9.37. The Balaban J connectivity index is 2.86. The summed E-state index contributed by atoms with van der Waals surface area (Å²) in [5, 5.41) is 8.98. The van der Waals surface area contributed by atoms with Gasteiger partial charge in [0.15, 0.2) is 0 Å². The smallest absolute Gasteiger partial charge is 0.0833 e. The maximum absolute atomic E-state index is 8.98. The van der Waals surface area contributed by atoms with Crippen molar-refractivity contribution in [1.29, 1.82) is 0 Å². The molecule has 0 spiro atoms. The average molecular weight is 172 g/mol. The van der Waals surface area contributed by atoms with Crippen molar-refractivity contribution in [1.82, 2.24) is 0 Å². The zero-order chi connectivity index (χ0) is 9.52. The highest BCUT2D eigenvalue weighted by atomic mass is 16.2. The molecule has 0 atom stereocenters. The summed E-state index contributed by atoms with van der Waals surface area (Å²) in [5.74, 6) is 0. The molecule has 0 bridgehead atoms. The standard InChI is InChI=1S/C12H12O/c1-2-3-7-12(10-13)11-8-5-4-6-9-11/h3-6,8-10,13H,1,7H2. The zero-order valence-corrected chi connectivity index (χ0v) is 7.40. The number of hydrogen-bond donors (Lipinski definition) is 1. The Morgan fingerprint density at radius 1 is 1.38 bits per heavy atom. The van der Waals surface area contributed by atoms with Crippen LogP contribution in [-0.4, -0.2) is 5.11 Å². The summed E-state index contributed by atoms with van der Waals surface area (Å²) in [6.07, 6.45) is 3.57. The second-order valence-electron chi connectivity index (χ2n) is 2.63. The topological polar surface area (TPSA) is 20.2 Å². The van der Waals surface area contributed by atoms with Crippen LogP contribution in [0.5, 0.6) is 0 Å². The molecule has 1 N–H and O–H groups in total. The molecule has 0 radical (unpaired) electrons. The highest BCUT2D eigenvalue weighted by Crippen LogP contribution is 2.16. The van der Waals surface area contributed by atoms with Crippen molar-refractivity contribution in [2.45, 2.75) is 6.42 Å². The van der Waals surface area contributed by atoms with Gasteiger partial charge in [-0.05, 0) is 17.2 Å². The van der Waals surface area contributed by atoms with Crippen molar-refractivity contribution >= 4 is 5.57 Å². The lowest BCUT2D eigenvalue weighted by Crippen LogP contribution is -1.81. The fourth-order valence-corrected chi connectivity index (χ4v) is 1.08. The maximum Gasteiger partial charge on any atom is 0.0833 e. The molecule has 0 aliphatic heterocycles. The highest BCUT2D eigenvalue weighted by Gasteiger charge is 1.97. The third kappa shape index (κ3) is 2.66. The van der Waals surface area contributed by atoms with Gasteiger partial charge in [-0.3, -0.25) is 0 Å². The summed E-state index contributed by atoms with van der Waals surface area (Å²) in [6, 6.07) is 9.74. The monoisotopic (exact) mass is 172 g/mol. The minimum atomic E-state index is 0.657. The molecule has 0 amide bonds. The van der Waals surface area contributed by atoms with E-state index in [9.17, 15) is 0 Å². The number of aliphatic hydroxyl groups excluding tert-OH is 1. The van der Waals surface area contributed by atoms with E-state index in [1.165, 1.54) is 0 Å². The second-order valence-corrected chi connectivity index (χ2v) is 2.63. The minimum absolute atomic E-state index is 0.657. The van der Waals surface area contributed by atoms with Crippen LogP contribution in [0.1, 0.15) is 12.0 Å². The predicted molar refractivity (Wildman–Crippen MR) is 55.4 cm³/mol. The van der Waals surface area contributed by atoms with Crippen molar-refractivity contribution in [3.8, 4) is 0 Å². The van der Waals surface area contributed by atoms with Gasteiger partial charge in [-0.15, -0.1) is 5.73 Å². The Morgan fingerprint density at radius 2 is 2.08 bits per heavy atom. The van der Waals surface area contributed by atoms with Gasteiger partial charge >= 0.3 is 0 Å². The van der Waals surface area contributed by atoms with Crippen LogP contribution >= 0.6 is 0 Å². The van der Waals surface area contributed by atoms with Crippen LogP contribution in [-0.2, 0) is 0 Å². The van der Waals surface area contributed by atoms with Gasteiger partial charge in [-0.25, -0.2) is 0 Å². The summed E-state index contributed by atoms with van der Waals surface area (Å²) >= 11 is 0. The molecule has 0 aliphatic rings. The molecule has 0 aliphatic carbocycles. The lowest BCUT2D eigenvalue weighted by molar-refractivity contribution is 0.475. The van der Waals surface area contributed by atoms with Crippen LogP contribution in [0.25, 0.3) is 5.57 Å². The molecule has 66 valence electrons. The van der Waals surface area contributed by atoms with Gasteiger partial charge in [0.05, 0.1) is 6.26 Å². The van der Waals surface area contributed by atoms with Gasteiger partial charge in [0.25, 0.3) is 0 Å². The highest BCUT2D eigenvalue weighted by molar-refractivity contribution is 5.65. The van der Waals surface area contributed by atoms with E-state index in [1.54, 1.807) is 6.08 Å². The summed E-state index contributed by atoms with van der Waals surface area (Å²) in [6.45, 7) is 3.47. The third-order valence-electron chi connectivity index (χ3n) is 1.77. The van der Waals surface area contributed by atoms with Gasteiger partial charge in [-0.2, -0.15) is 0 Å². The van der Waals surface area contributed by atoms with Crippen LogP contribution in [0.15, 0.2) is 55.0 Å². The Hall–Kier alpha value is -1.72. The van der Waals surface area contributed by atoms with E-state index in [4.69, 9.17) is 5.11 Å². The van der Waals surface area contributed by atoms with E-state index < -0.39 is 0 Å². The number of benzene rings is 1. The second kappa shape index (κ2) is 5.02. The quantitative estimate of drug-likeness (QED) is 0.547. The third-order valence-corrected chi connectivity index (χ3v) is 1.77. The molecule has 0 heterocycles. The molecule has 13 heavy (non-hydrogen) atoms. The molecule has 0 fully saturated rings. The fraction of sp³-hybridized carbons (Fsp3) is 0.0833. The van der Waals surface area contributed by atoms with Crippen molar-refractivity contribution < 1.29 is 5.11 Å². The minimum Gasteiger partial charge on any atom is -0.515 e. The van der Waals surface area contributed by atoms with Crippen LogP contribution in [0.4, 0.5) is 0 Å². The molecule has 0 saturated heterocycles. The molecule has 1 nitrogen and oxygen atoms in total.